The van der Waals surface area contributed by atoms with E-state index in [1.807, 2.05) is 13.8 Å². The summed E-state index contributed by atoms with van der Waals surface area (Å²) >= 11 is 12.2. The fraction of sp³-hybridized carbons (Fsp3) is 0.462. The van der Waals surface area contributed by atoms with Crippen molar-refractivity contribution in [3.05, 3.63) is 27.7 Å². The molecule has 0 radical (unpaired) electrons. The molecule has 1 aromatic carbocycles. The Morgan fingerprint density at radius 1 is 1.37 bits per heavy atom. The SMILES string of the molecule is COc1cc(Cl)c(CN(CC(=O)O)C(C)C)cc1Cl. The maximum atomic E-state index is 10.8. The summed E-state index contributed by atoms with van der Waals surface area (Å²) in [4.78, 5) is 12.6. The van der Waals surface area contributed by atoms with E-state index in [0.717, 1.165) is 5.56 Å². The third kappa shape index (κ3) is 4.56. The normalized spacial score (nSPS) is 11.1. The summed E-state index contributed by atoms with van der Waals surface area (Å²) in [5.41, 5.74) is 0.780. The van der Waals surface area contributed by atoms with Gasteiger partial charge in [0.25, 0.3) is 0 Å². The summed E-state index contributed by atoms with van der Waals surface area (Å²) in [6.45, 7) is 4.24. The molecule has 0 fully saturated rings. The first kappa shape index (κ1) is 16.1. The molecule has 0 saturated heterocycles. The van der Waals surface area contributed by atoms with Crippen LogP contribution in [0.2, 0.25) is 10.0 Å². The molecule has 0 bridgehead atoms. The lowest BCUT2D eigenvalue weighted by Gasteiger charge is -2.25. The van der Waals surface area contributed by atoms with Gasteiger partial charge in [0.1, 0.15) is 5.75 Å². The molecule has 0 unspecified atom stereocenters. The van der Waals surface area contributed by atoms with Crippen LogP contribution in [-0.4, -0.2) is 35.7 Å². The Morgan fingerprint density at radius 3 is 2.47 bits per heavy atom. The van der Waals surface area contributed by atoms with Gasteiger partial charge in [-0.15, -0.1) is 0 Å². The summed E-state index contributed by atoms with van der Waals surface area (Å²) < 4.78 is 5.07. The molecule has 0 saturated carbocycles. The molecule has 0 aliphatic rings. The van der Waals surface area contributed by atoms with E-state index in [4.69, 9.17) is 33.0 Å². The van der Waals surface area contributed by atoms with Gasteiger partial charge in [-0.05, 0) is 25.5 Å². The van der Waals surface area contributed by atoms with Crippen molar-refractivity contribution < 1.29 is 14.6 Å². The highest BCUT2D eigenvalue weighted by atomic mass is 35.5. The number of carbonyl (C=O) groups is 1. The topological polar surface area (TPSA) is 49.8 Å². The molecule has 1 aromatic rings. The zero-order valence-corrected chi connectivity index (χ0v) is 12.6. The van der Waals surface area contributed by atoms with Gasteiger partial charge in [0, 0.05) is 23.7 Å². The van der Waals surface area contributed by atoms with Gasteiger partial charge in [-0.3, -0.25) is 9.69 Å². The van der Waals surface area contributed by atoms with E-state index in [1.54, 1.807) is 17.0 Å². The lowest BCUT2D eigenvalue weighted by Crippen LogP contribution is -2.35. The highest BCUT2D eigenvalue weighted by Gasteiger charge is 2.16. The molecule has 0 aromatic heterocycles. The van der Waals surface area contributed by atoms with Crippen molar-refractivity contribution >= 4 is 29.2 Å². The first-order valence-electron chi connectivity index (χ1n) is 5.83. The number of aliphatic carboxylic acids is 1. The Hall–Kier alpha value is -0.970. The van der Waals surface area contributed by atoms with Crippen LogP contribution < -0.4 is 4.74 Å². The maximum Gasteiger partial charge on any atom is 0.317 e. The number of carboxylic acids is 1. The smallest absolute Gasteiger partial charge is 0.317 e. The van der Waals surface area contributed by atoms with Crippen molar-refractivity contribution in [2.24, 2.45) is 0 Å². The Morgan fingerprint density at radius 2 is 2.00 bits per heavy atom. The number of rotatable bonds is 6. The molecule has 106 valence electrons. The van der Waals surface area contributed by atoms with Crippen LogP contribution in [0, 0.1) is 0 Å². The molecule has 0 spiro atoms. The number of benzene rings is 1. The molecule has 0 heterocycles. The van der Waals surface area contributed by atoms with E-state index >= 15 is 0 Å². The zero-order chi connectivity index (χ0) is 14.6. The maximum absolute atomic E-state index is 10.8. The van der Waals surface area contributed by atoms with Gasteiger partial charge in [-0.1, -0.05) is 23.2 Å². The van der Waals surface area contributed by atoms with E-state index in [2.05, 4.69) is 0 Å². The van der Waals surface area contributed by atoms with Crippen molar-refractivity contribution in [3.8, 4) is 5.75 Å². The number of hydrogen-bond acceptors (Lipinski definition) is 3. The van der Waals surface area contributed by atoms with E-state index in [-0.39, 0.29) is 12.6 Å². The minimum Gasteiger partial charge on any atom is -0.495 e. The van der Waals surface area contributed by atoms with Gasteiger partial charge in [0.15, 0.2) is 0 Å². The van der Waals surface area contributed by atoms with Gasteiger partial charge in [0.2, 0.25) is 0 Å². The molecule has 0 amide bonds. The standard InChI is InChI=1S/C13H17Cl2NO3/c1-8(2)16(7-13(17)18)6-9-4-11(15)12(19-3)5-10(9)14/h4-5,8H,6-7H2,1-3H3,(H,17,18). The Labute approximate surface area is 122 Å². The monoisotopic (exact) mass is 305 g/mol. The molecule has 1 rings (SSSR count). The van der Waals surface area contributed by atoms with Gasteiger partial charge in [-0.25, -0.2) is 0 Å². The number of ether oxygens (including phenoxy) is 1. The van der Waals surface area contributed by atoms with Crippen LogP contribution in [0.25, 0.3) is 0 Å². The predicted octanol–water partition coefficient (Wildman–Crippen LogP) is 3.30. The summed E-state index contributed by atoms with van der Waals surface area (Å²) in [6.07, 6.45) is 0. The number of hydrogen-bond donors (Lipinski definition) is 1. The number of methoxy groups -OCH3 is 1. The lowest BCUT2D eigenvalue weighted by atomic mass is 10.1. The van der Waals surface area contributed by atoms with Crippen molar-refractivity contribution in [1.82, 2.24) is 4.90 Å². The Balaban J connectivity index is 2.96. The van der Waals surface area contributed by atoms with E-state index in [1.165, 1.54) is 7.11 Å². The van der Waals surface area contributed by atoms with Crippen LogP contribution in [0.3, 0.4) is 0 Å². The van der Waals surface area contributed by atoms with Crippen molar-refractivity contribution in [2.45, 2.75) is 26.4 Å². The van der Waals surface area contributed by atoms with Crippen LogP contribution in [0.1, 0.15) is 19.4 Å². The summed E-state index contributed by atoms with van der Waals surface area (Å²) in [5, 5.41) is 9.87. The molecular formula is C13H17Cl2NO3. The first-order valence-corrected chi connectivity index (χ1v) is 6.58. The molecule has 0 aliphatic carbocycles. The minimum absolute atomic E-state index is 0.0440. The first-order chi connectivity index (χ1) is 8.85. The molecule has 0 aliphatic heterocycles. The van der Waals surface area contributed by atoms with Gasteiger partial charge in [0.05, 0.1) is 18.7 Å². The molecule has 19 heavy (non-hydrogen) atoms. The van der Waals surface area contributed by atoms with Crippen LogP contribution in [0.5, 0.6) is 5.75 Å². The van der Waals surface area contributed by atoms with Crippen molar-refractivity contribution in [1.29, 1.82) is 0 Å². The van der Waals surface area contributed by atoms with E-state index in [0.29, 0.717) is 22.3 Å². The van der Waals surface area contributed by atoms with Crippen LogP contribution in [0.15, 0.2) is 12.1 Å². The third-order valence-corrected chi connectivity index (χ3v) is 3.41. The number of halogens is 2. The van der Waals surface area contributed by atoms with Crippen molar-refractivity contribution in [3.63, 3.8) is 0 Å². The fourth-order valence-electron chi connectivity index (χ4n) is 1.66. The molecule has 6 heteroatoms. The van der Waals surface area contributed by atoms with E-state index in [9.17, 15) is 4.79 Å². The molecule has 1 N–H and O–H groups in total. The molecule has 0 atom stereocenters. The quantitative estimate of drug-likeness (QED) is 0.876. The van der Waals surface area contributed by atoms with Gasteiger partial charge >= 0.3 is 5.97 Å². The highest BCUT2D eigenvalue weighted by Crippen LogP contribution is 2.31. The highest BCUT2D eigenvalue weighted by molar-refractivity contribution is 6.34. The van der Waals surface area contributed by atoms with Crippen LogP contribution in [-0.2, 0) is 11.3 Å². The average molecular weight is 306 g/mol. The summed E-state index contributed by atoms with van der Waals surface area (Å²) in [5.74, 6) is -0.367. The van der Waals surface area contributed by atoms with E-state index < -0.39 is 5.97 Å². The van der Waals surface area contributed by atoms with Crippen molar-refractivity contribution in [2.75, 3.05) is 13.7 Å². The lowest BCUT2D eigenvalue weighted by molar-refractivity contribution is -0.138. The predicted molar refractivity (Wildman–Crippen MR) is 76.2 cm³/mol. The Kier molecular flexibility index (Phi) is 5.91. The largest absolute Gasteiger partial charge is 0.495 e. The fourth-order valence-corrected chi connectivity index (χ4v) is 2.14. The average Bonchev–Trinajstić information content (AvgIpc) is 2.31. The zero-order valence-electron chi connectivity index (χ0n) is 11.1. The van der Waals surface area contributed by atoms with Crippen LogP contribution >= 0.6 is 23.2 Å². The minimum atomic E-state index is -0.871. The van der Waals surface area contributed by atoms with Crippen LogP contribution in [0.4, 0.5) is 0 Å². The summed E-state index contributed by atoms with van der Waals surface area (Å²) in [7, 11) is 1.52. The number of nitrogens with zero attached hydrogens (tertiary/aromatic N) is 1. The van der Waals surface area contributed by atoms with Gasteiger partial charge < -0.3 is 9.84 Å². The number of carboxylic acid groups (broad SMARTS) is 1. The second-order valence-electron chi connectivity index (χ2n) is 4.47. The second-order valence-corrected chi connectivity index (χ2v) is 5.29. The Bertz CT molecular complexity index is 463. The third-order valence-electron chi connectivity index (χ3n) is 2.76. The molecule has 4 nitrogen and oxygen atoms in total. The second kappa shape index (κ2) is 6.98. The summed E-state index contributed by atoms with van der Waals surface area (Å²) in [6, 6.07) is 3.44. The van der Waals surface area contributed by atoms with Gasteiger partial charge in [-0.2, -0.15) is 0 Å². The molecular weight excluding hydrogens is 289 g/mol.